The van der Waals surface area contributed by atoms with Crippen molar-refractivity contribution < 1.29 is 18.7 Å². The number of ether oxygens (including phenoxy) is 2. The Balaban J connectivity index is 1.79. The summed E-state index contributed by atoms with van der Waals surface area (Å²) in [5.41, 5.74) is 3.16. The van der Waals surface area contributed by atoms with E-state index < -0.39 is 0 Å². The molecule has 174 valence electrons. The molecular weight excluding hydrogens is 417 g/mol. The number of halogens is 1. The predicted octanol–water partition coefficient (Wildman–Crippen LogP) is 6.19. The van der Waals surface area contributed by atoms with Crippen LogP contribution in [0.3, 0.4) is 0 Å². The minimum absolute atomic E-state index is 0.0179. The summed E-state index contributed by atoms with van der Waals surface area (Å²) in [6.45, 7) is 6.68. The van der Waals surface area contributed by atoms with Crippen molar-refractivity contribution in [3.8, 4) is 11.5 Å². The molecule has 3 aromatic rings. The van der Waals surface area contributed by atoms with Crippen LogP contribution in [0.1, 0.15) is 49.8 Å². The minimum atomic E-state index is -0.261. The summed E-state index contributed by atoms with van der Waals surface area (Å²) in [7, 11) is 1.63. The van der Waals surface area contributed by atoms with Gasteiger partial charge in [0.05, 0.1) is 13.2 Å². The standard InChI is InChI=1S/C28H32FNO3/c1-20(2)33-27-15-9-24(10-16-27)28(23-7-11-25(29)12-8-23)17-18-30(21(3)31)19-22-5-13-26(32-4)14-6-22/h5-16,20,28H,17-19H2,1-4H3/t28-/m0/s1. The molecule has 0 radical (unpaired) electrons. The van der Waals surface area contributed by atoms with Gasteiger partial charge < -0.3 is 14.4 Å². The van der Waals surface area contributed by atoms with E-state index in [-0.39, 0.29) is 23.7 Å². The molecule has 0 aliphatic heterocycles. The van der Waals surface area contributed by atoms with Crippen LogP contribution in [0.4, 0.5) is 4.39 Å². The summed E-state index contributed by atoms with van der Waals surface area (Å²) in [4.78, 5) is 14.2. The molecule has 0 spiro atoms. The van der Waals surface area contributed by atoms with Crippen LogP contribution in [0, 0.1) is 5.82 Å². The van der Waals surface area contributed by atoms with Crippen molar-refractivity contribution in [3.05, 3.63) is 95.3 Å². The van der Waals surface area contributed by atoms with Gasteiger partial charge in [0.1, 0.15) is 17.3 Å². The smallest absolute Gasteiger partial charge is 0.219 e. The Hall–Kier alpha value is -3.34. The van der Waals surface area contributed by atoms with Gasteiger partial charge in [-0.3, -0.25) is 4.79 Å². The van der Waals surface area contributed by atoms with Crippen LogP contribution < -0.4 is 9.47 Å². The molecular formula is C28H32FNO3. The molecule has 0 saturated carbocycles. The van der Waals surface area contributed by atoms with Crippen LogP contribution in [-0.4, -0.2) is 30.6 Å². The molecule has 4 nitrogen and oxygen atoms in total. The van der Waals surface area contributed by atoms with E-state index in [1.54, 1.807) is 14.0 Å². The van der Waals surface area contributed by atoms with Gasteiger partial charge in [-0.2, -0.15) is 0 Å². The van der Waals surface area contributed by atoms with Crippen LogP contribution in [-0.2, 0) is 11.3 Å². The highest BCUT2D eigenvalue weighted by Crippen LogP contribution is 2.30. The second kappa shape index (κ2) is 11.5. The van der Waals surface area contributed by atoms with Gasteiger partial charge in [-0.25, -0.2) is 4.39 Å². The molecule has 3 aromatic carbocycles. The van der Waals surface area contributed by atoms with Gasteiger partial charge in [0, 0.05) is 25.9 Å². The average Bonchev–Trinajstić information content (AvgIpc) is 2.80. The highest BCUT2D eigenvalue weighted by Gasteiger charge is 2.18. The lowest BCUT2D eigenvalue weighted by Crippen LogP contribution is -2.30. The van der Waals surface area contributed by atoms with E-state index in [9.17, 15) is 9.18 Å². The monoisotopic (exact) mass is 449 g/mol. The molecule has 0 heterocycles. The SMILES string of the molecule is COc1ccc(CN(CC[C@@H](c2ccc(F)cc2)c2ccc(OC(C)C)cc2)C(C)=O)cc1. The van der Waals surface area contributed by atoms with Crippen LogP contribution in [0.25, 0.3) is 0 Å². The molecule has 5 heteroatoms. The minimum Gasteiger partial charge on any atom is -0.497 e. The zero-order valence-corrected chi connectivity index (χ0v) is 19.8. The maximum Gasteiger partial charge on any atom is 0.219 e. The number of rotatable bonds is 10. The average molecular weight is 450 g/mol. The number of benzene rings is 3. The second-order valence-corrected chi connectivity index (χ2v) is 8.42. The Morgan fingerprint density at radius 1 is 0.879 bits per heavy atom. The van der Waals surface area contributed by atoms with E-state index in [1.165, 1.54) is 12.1 Å². The zero-order chi connectivity index (χ0) is 23.8. The van der Waals surface area contributed by atoms with Gasteiger partial charge in [-0.15, -0.1) is 0 Å². The number of hydrogen-bond donors (Lipinski definition) is 0. The molecule has 0 bridgehead atoms. The van der Waals surface area contributed by atoms with Crippen molar-refractivity contribution in [2.45, 2.75) is 45.8 Å². The first-order valence-corrected chi connectivity index (χ1v) is 11.3. The third-order valence-electron chi connectivity index (χ3n) is 5.59. The Kier molecular flexibility index (Phi) is 8.47. The van der Waals surface area contributed by atoms with Crippen molar-refractivity contribution in [2.75, 3.05) is 13.7 Å². The fourth-order valence-electron chi connectivity index (χ4n) is 3.86. The van der Waals surface area contributed by atoms with Crippen molar-refractivity contribution in [1.82, 2.24) is 4.90 Å². The third-order valence-corrected chi connectivity index (χ3v) is 5.59. The first-order valence-electron chi connectivity index (χ1n) is 11.3. The predicted molar refractivity (Wildman–Crippen MR) is 129 cm³/mol. The molecule has 0 aliphatic carbocycles. The second-order valence-electron chi connectivity index (χ2n) is 8.42. The van der Waals surface area contributed by atoms with Crippen molar-refractivity contribution >= 4 is 5.91 Å². The number of amides is 1. The Labute approximate surface area is 196 Å². The first kappa shape index (κ1) is 24.3. The maximum atomic E-state index is 13.6. The molecule has 1 atom stereocenters. The lowest BCUT2D eigenvalue weighted by Gasteiger charge is -2.25. The summed E-state index contributed by atoms with van der Waals surface area (Å²) in [5, 5.41) is 0. The fourth-order valence-corrected chi connectivity index (χ4v) is 3.86. The molecule has 0 aliphatic rings. The highest BCUT2D eigenvalue weighted by atomic mass is 19.1. The van der Waals surface area contributed by atoms with Crippen molar-refractivity contribution in [1.29, 1.82) is 0 Å². The Morgan fingerprint density at radius 2 is 1.42 bits per heavy atom. The topological polar surface area (TPSA) is 38.8 Å². The lowest BCUT2D eigenvalue weighted by molar-refractivity contribution is -0.129. The zero-order valence-electron chi connectivity index (χ0n) is 19.8. The Bertz CT molecular complexity index is 1010. The van der Waals surface area contributed by atoms with Crippen LogP contribution in [0.5, 0.6) is 11.5 Å². The summed E-state index contributed by atoms with van der Waals surface area (Å²) in [5.74, 6) is 1.38. The quantitative estimate of drug-likeness (QED) is 0.370. The van der Waals surface area contributed by atoms with Crippen LogP contribution >= 0.6 is 0 Å². The molecule has 1 amide bonds. The van der Waals surface area contributed by atoms with Crippen LogP contribution in [0.15, 0.2) is 72.8 Å². The largest absolute Gasteiger partial charge is 0.497 e. The summed E-state index contributed by atoms with van der Waals surface area (Å²) in [6.07, 6.45) is 0.817. The number of hydrogen-bond acceptors (Lipinski definition) is 3. The Morgan fingerprint density at radius 3 is 1.94 bits per heavy atom. The molecule has 0 fully saturated rings. The molecule has 3 rings (SSSR count). The lowest BCUT2D eigenvalue weighted by atomic mass is 9.88. The van der Waals surface area contributed by atoms with E-state index in [0.29, 0.717) is 19.5 Å². The highest BCUT2D eigenvalue weighted by molar-refractivity contribution is 5.73. The molecule has 0 N–H and O–H groups in total. The van der Waals surface area contributed by atoms with Gasteiger partial charge in [-0.05, 0) is 73.4 Å². The first-order chi connectivity index (χ1) is 15.9. The van der Waals surface area contributed by atoms with E-state index in [2.05, 4.69) is 0 Å². The van der Waals surface area contributed by atoms with Gasteiger partial charge >= 0.3 is 0 Å². The number of methoxy groups -OCH3 is 1. The van der Waals surface area contributed by atoms with Gasteiger partial charge in [0.25, 0.3) is 0 Å². The number of carbonyl (C=O) groups excluding carboxylic acids is 1. The number of carbonyl (C=O) groups is 1. The van der Waals surface area contributed by atoms with Crippen LogP contribution in [0.2, 0.25) is 0 Å². The molecule has 0 unspecified atom stereocenters. The molecule has 33 heavy (non-hydrogen) atoms. The maximum absolute atomic E-state index is 13.6. The molecule has 0 aromatic heterocycles. The molecule has 0 saturated heterocycles. The van der Waals surface area contributed by atoms with Crippen molar-refractivity contribution in [3.63, 3.8) is 0 Å². The summed E-state index contributed by atoms with van der Waals surface area (Å²) < 4.78 is 24.6. The van der Waals surface area contributed by atoms with Gasteiger partial charge in [-0.1, -0.05) is 36.4 Å². The third kappa shape index (κ3) is 7.07. The van der Waals surface area contributed by atoms with Crippen molar-refractivity contribution in [2.24, 2.45) is 0 Å². The number of nitrogens with zero attached hydrogens (tertiary/aromatic N) is 1. The summed E-state index contributed by atoms with van der Waals surface area (Å²) in [6, 6.07) is 22.4. The van der Waals surface area contributed by atoms with Gasteiger partial charge in [0.15, 0.2) is 0 Å². The van der Waals surface area contributed by atoms with E-state index >= 15 is 0 Å². The summed E-state index contributed by atoms with van der Waals surface area (Å²) >= 11 is 0. The van der Waals surface area contributed by atoms with Gasteiger partial charge in [0.2, 0.25) is 5.91 Å². The van der Waals surface area contributed by atoms with E-state index in [0.717, 1.165) is 28.2 Å². The fraction of sp³-hybridized carbons (Fsp3) is 0.321. The van der Waals surface area contributed by atoms with E-state index in [1.807, 2.05) is 79.4 Å². The normalized spacial score (nSPS) is 11.8. The van der Waals surface area contributed by atoms with E-state index in [4.69, 9.17) is 9.47 Å².